The van der Waals surface area contributed by atoms with Gasteiger partial charge in [0, 0.05) is 17.7 Å². The molecule has 0 bridgehead atoms. The quantitative estimate of drug-likeness (QED) is 0.352. The van der Waals surface area contributed by atoms with Gasteiger partial charge in [0.2, 0.25) is 0 Å². The second-order valence-corrected chi connectivity index (χ2v) is 5.38. The maximum atomic E-state index is 13.2. The summed E-state index contributed by atoms with van der Waals surface area (Å²) in [6.07, 6.45) is 0.527. The third-order valence-corrected chi connectivity index (χ3v) is 3.55. The molecule has 0 atom stereocenters. The van der Waals surface area contributed by atoms with E-state index in [0.717, 1.165) is 6.07 Å². The van der Waals surface area contributed by atoms with Gasteiger partial charge in [-0.2, -0.15) is 0 Å². The summed E-state index contributed by atoms with van der Waals surface area (Å²) >= 11 is 5.70. The van der Waals surface area contributed by atoms with Gasteiger partial charge >= 0.3 is 0 Å². The number of halogens is 2. The number of ether oxygens (including phenoxy) is 1. The number of carbonyl (C=O) groups is 1. The van der Waals surface area contributed by atoms with E-state index in [1.165, 1.54) is 42.5 Å². The lowest BCUT2D eigenvalue weighted by Crippen LogP contribution is -1.92. The number of nitrogens with zero attached hydrogens (tertiary/aromatic N) is 1. The number of aldehydes is 1. The average molecular weight is 362 g/mol. The van der Waals surface area contributed by atoms with E-state index in [0.29, 0.717) is 11.8 Å². The van der Waals surface area contributed by atoms with Gasteiger partial charge in [-0.05, 0) is 30.3 Å². The molecular formula is C17H9ClFNO5. The zero-order valence-electron chi connectivity index (χ0n) is 12.4. The Morgan fingerprint density at radius 2 is 1.92 bits per heavy atom. The first-order valence-corrected chi connectivity index (χ1v) is 7.32. The Kier molecular flexibility index (Phi) is 4.49. The lowest BCUT2D eigenvalue weighted by Gasteiger charge is -2.08. The van der Waals surface area contributed by atoms with Crippen molar-refractivity contribution in [3.8, 4) is 22.8 Å². The molecule has 6 nitrogen and oxygen atoms in total. The van der Waals surface area contributed by atoms with E-state index in [1.807, 2.05) is 0 Å². The molecule has 25 heavy (non-hydrogen) atoms. The van der Waals surface area contributed by atoms with Crippen LogP contribution >= 0.6 is 11.6 Å². The van der Waals surface area contributed by atoms with Gasteiger partial charge in [0.25, 0.3) is 5.69 Å². The monoisotopic (exact) mass is 361 g/mol. The minimum Gasteiger partial charge on any atom is -0.457 e. The lowest BCUT2D eigenvalue weighted by molar-refractivity contribution is -0.384. The molecule has 0 radical (unpaired) electrons. The zero-order chi connectivity index (χ0) is 18.0. The Balaban J connectivity index is 2.01. The standard InChI is InChI=1S/C17H9ClFNO5/c18-15-8-12(1-3-16(15)19)24-14-6-10(5-11(7-14)20(22)23)17-4-2-13(9-21)25-17/h1-9H. The minimum atomic E-state index is -0.606. The molecule has 0 fully saturated rings. The van der Waals surface area contributed by atoms with Crippen LogP contribution in [0.5, 0.6) is 11.5 Å². The predicted octanol–water partition coefficient (Wildman–Crippen LogP) is 5.25. The summed E-state index contributed by atoms with van der Waals surface area (Å²) in [5.74, 6) is 0.106. The number of nitro groups is 1. The van der Waals surface area contributed by atoms with E-state index < -0.39 is 10.7 Å². The molecule has 0 aliphatic rings. The highest BCUT2D eigenvalue weighted by molar-refractivity contribution is 6.30. The van der Waals surface area contributed by atoms with Crippen LogP contribution in [0.3, 0.4) is 0 Å². The molecule has 0 aliphatic carbocycles. The van der Waals surface area contributed by atoms with Gasteiger partial charge in [0.15, 0.2) is 12.0 Å². The number of rotatable bonds is 5. The fourth-order valence-corrected chi connectivity index (χ4v) is 2.31. The molecule has 0 saturated carbocycles. The minimum absolute atomic E-state index is 0.0919. The van der Waals surface area contributed by atoms with Crippen molar-refractivity contribution in [1.29, 1.82) is 0 Å². The smallest absolute Gasteiger partial charge is 0.273 e. The fourth-order valence-electron chi connectivity index (χ4n) is 2.14. The normalized spacial score (nSPS) is 10.5. The van der Waals surface area contributed by atoms with E-state index >= 15 is 0 Å². The van der Waals surface area contributed by atoms with Crippen molar-refractivity contribution in [3.63, 3.8) is 0 Å². The Labute approximate surface area is 145 Å². The third kappa shape index (κ3) is 3.67. The van der Waals surface area contributed by atoms with Crippen molar-refractivity contribution in [2.45, 2.75) is 0 Å². The largest absolute Gasteiger partial charge is 0.457 e. The second-order valence-electron chi connectivity index (χ2n) is 4.97. The molecule has 3 aromatic rings. The molecule has 0 aliphatic heterocycles. The van der Waals surface area contributed by atoms with Crippen molar-refractivity contribution in [3.05, 3.63) is 75.2 Å². The summed E-state index contributed by atoms with van der Waals surface area (Å²) in [6, 6.07) is 10.7. The highest BCUT2D eigenvalue weighted by Gasteiger charge is 2.15. The van der Waals surface area contributed by atoms with Gasteiger partial charge in [0.1, 0.15) is 23.1 Å². The van der Waals surface area contributed by atoms with Gasteiger partial charge in [-0.1, -0.05) is 11.6 Å². The van der Waals surface area contributed by atoms with E-state index in [2.05, 4.69) is 0 Å². The van der Waals surface area contributed by atoms with E-state index in [1.54, 1.807) is 0 Å². The van der Waals surface area contributed by atoms with Crippen LogP contribution in [0.1, 0.15) is 10.6 Å². The molecule has 3 rings (SSSR count). The number of carbonyl (C=O) groups excluding carboxylic acids is 1. The van der Waals surface area contributed by atoms with Crippen molar-refractivity contribution in [2.75, 3.05) is 0 Å². The lowest BCUT2D eigenvalue weighted by atomic mass is 10.1. The highest BCUT2D eigenvalue weighted by Crippen LogP contribution is 2.34. The Morgan fingerprint density at radius 3 is 2.56 bits per heavy atom. The van der Waals surface area contributed by atoms with Crippen LogP contribution < -0.4 is 4.74 Å². The molecule has 0 spiro atoms. The van der Waals surface area contributed by atoms with Crippen LogP contribution in [0.25, 0.3) is 11.3 Å². The van der Waals surface area contributed by atoms with Gasteiger partial charge in [-0.25, -0.2) is 4.39 Å². The number of hydrogen-bond donors (Lipinski definition) is 0. The van der Waals surface area contributed by atoms with Crippen LogP contribution in [-0.4, -0.2) is 11.2 Å². The number of non-ortho nitro benzene ring substituents is 1. The zero-order valence-corrected chi connectivity index (χ0v) is 13.2. The van der Waals surface area contributed by atoms with Crippen molar-refractivity contribution in [1.82, 2.24) is 0 Å². The number of nitro benzene ring substituents is 1. The predicted molar refractivity (Wildman–Crippen MR) is 87.7 cm³/mol. The van der Waals surface area contributed by atoms with Crippen LogP contribution in [-0.2, 0) is 0 Å². The number of benzene rings is 2. The van der Waals surface area contributed by atoms with Gasteiger partial charge in [-0.3, -0.25) is 14.9 Å². The second kappa shape index (κ2) is 6.74. The molecule has 8 heteroatoms. The van der Waals surface area contributed by atoms with Crippen molar-refractivity contribution < 1.29 is 23.3 Å². The molecule has 1 heterocycles. The van der Waals surface area contributed by atoms with E-state index in [4.69, 9.17) is 20.8 Å². The highest BCUT2D eigenvalue weighted by atomic mass is 35.5. The topological polar surface area (TPSA) is 82.6 Å². The summed E-state index contributed by atoms with van der Waals surface area (Å²) in [4.78, 5) is 21.3. The van der Waals surface area contributed by atoms with Crippen molar-refractivity contribution in [2.24, 2.45) is 0 Å². The Morgan fingerprint density at radius 1 is 1.12 bits per heavy atom. The SMILES string of the molecule is O=Cc1ccc(-c2cc(Oc3ccc(F)c(Cl)c3)cc([N+](=O)[O-])c2)o1. The third-order valence-electron chi connectivity index (χ3n) is 3.26. The van der Waals surface area contributed by atoms with Crippen molar-refractivity contribution >= 4 is 23.6 Å². The Hall–Kier alpha value is -3.19. The van der Waals surface area contributed by atoms with Crippen LogP contribution in [0, 0.1) is 15.9 Å². The van der Waals surface area contributed by atoms with E-state index in [-0.39, 0.29) is 33.7 Å². The van der Waals surface area contributed by atoms with Gasteiger partial charge in [-0.15, -0.1) is 0 Å². The number of hydrogen-bond acceptors (Lipinski definition) is 5. The summed E-state index contributed by atoms with van der Waals surface area (Å²) in [5, 5.41) is 11.0. The van der Waals surface area contributed by atoms with E-state index in [9.17, 15) is 19.3 Å². The molecule has 0 saturated heterocycles. The first kappa shape index (κ1) is 16.7. The molecule has 0 N–H and O–H groups in total. The van der Waals surface area contributed by atoms with Gasteiger partial charge < -0.3 is 9.15 Å². The molecule has 0 amide bonds. The summed E-state index contributed by atoms with van der Waals surface area (Å²) in [5.41, 5.74) is 0.121. The molecular weight excluding hydrogens is 353 g/mol. The summed E-state index contributed by atoms with van der Waals surface area (Å²) in [7, 11) is 0. The maximum Gasteiger partial charge on any atom is 0.273 e. The first-order valence-electron chi connectivity index (χ1n) is 6.94. The van der Waals surface area contributed by atoms with Crippen LogP contribution in [0.2, 0.25) is 5.02 Å². The Bertz CT molecular complexity index is 969. The maximum absolute atomic E-state index is 13.2. The molecule has 1 aromatic heterocycles. The average Bonchev–Trinajstić information content (AvgIpc) is 3.07. The van der Waals surface area contributed by atoms with Crippen LogP contribution in [0.4, 0.5) is 10.1 Å². The first-order chi connectivity index (χ1) is 12.0. The molecule has 0 unspecified atom stereocenters. The molecule has 126 valence electrons. The summed E-state index contributed by atoms with van der Waals surface area (Å²) in [6.45, 7) is 0. The van der Waals surface area contributed by atoms with Crippen LogP contribution in [0.15, 0.2) is 52.9 Å². The molecule has 2 aromatic carbocycles. The summed E-state index contributed by atoms with van der Waals surface area (Å²) < 4.78 is 24.0. The number of furan rings is 1. The fraction of sp³-hybridized carbons (Fsp3) is 0. The van der Waals surface area contributed by atoms with Gasteiger partial charge in [0.05, 0.1) is 16.0 Å².